The van der Waals surface area contributed by atoms with Crippen LogP contribution in [-0.2, 0) is 33.8 Å². The van der Waals surface area contributed by atoms with Gasteiger partial charge in [0.1, 0.15) is 27.1 Å². The van der Waals surface area contributed by atoms with Crippen molar-refractivity contribution in [2.75, 3.05) is 20.8 Å². The third-order valence-electron chi connectivity index (χ3n) is 8.42. The molecule has 1 aliphatic carbocycles. The summed E-state index contributed by atoms with van der Waals surface area (Å²) < 4.78 is 29.9. The molecule has 2 aliphatic rings. The van der Waals surface area contributed by atoms with Crippen molar-refractivity contribution >= 4 is 43.0 Å². The average molecular weight is 621 g/mol. The summed E-state index contributed by atoms with van der Waals surface area (Å²) in [5.74, 6) is -0.613. The molecular weight excluding hydrogens is 577 g/mol. The lowest BCUT2D eigenvalue weighted by Gasteiger charge is -2.40. The fourth-order valence-corrected chi connectivity index (χ4v) is 7.86. The van der Waals surface area contributed by atoms with Crippen LogP contribution in [0.3, 0.4) is 0 Å². The first-order chi connectivity index (χ1) is 19.2. The minimum Gasteiger partial charge on any atom is -0.500 e. The number of ether oxygens (including phenoxy) is 4. The van der Waals surface area contributed by atoms with E-state index >= 15 is 0 Å². The van der Waals surface area contributed by atoms with Crippen LogP contribution in [0.25, 0.3) is 16.8 Å². The third-order valence-corrected chi connectivity index (χ3v) is 14.9. The third kappa shape index (κ3) is 7.19. The summed E-state index contributed by atoms with van der Waals surface area (Å²) in [6.07, 6.45) is 9.24. The molecule has 0 N–H and O–H groups in total. The number of hydrogen-bond acceptors (Lipinski definition) is 10. The molecule has 11 heteroatoms. The van der Waals surface area contributed by atoms with Crippen LogP contribution in [0.15, 0.2) is 28.7 Å². The number of hydrogen-bond donors (Lipinski definition) is 0. The van der Waals surface area contributed by atoms with Crippen molar-refractivity contribution < 1.29 is 28.2 Å². The molecule has 226 valence electrons. The summed E-state index contributed by atoms with van der Waals surface area (Å²) >= 11 is 3.15. The number of rotatable bonds is 10. The normalized spacial score (nSPS) is 22.9. The molecule has 1 spiro atoms. The van der Waals surface area contributed by atoms with Gasteiger partial charge in [0.15, 0.2) is 14.1 Å². The van der Waals surface area contributed by atoms with Gasteiger partial charge in [-0.05, 0) is 44.0 Å². The van der Waals surface area contributed by atoms with Gasteiger partial charge < -0.3 is 23.4 Å². The van der Waals surface area contributed by atoms with E-state index in [1.54, 1.807) is 29.8 Å². The van der Waals surface area contributed by atoms with Crippen molar-refractivity contribution in [2.45, 2.75) is 95.9 Å². The van der Waals surface area contributed by atoms with Crippen LogP contribution in [0.4, 0.5) is 0 Å². The molecule has 3 atom stereocenters. The Morgan fingerprint density at radius 2 is 1.83 bits per heavy atom. The second-order valence-corrected chi connectivity index (χ2v) is 19.1. The highest BCUT2D eigenvalue weighted by Gasteiger charge is 2.51. The Morgan fingerprint density at radius 1 is 1.12 bits per heavy atom. The molecule has 0 radical (unpaired) electrons. The first-order valence-electron chi connectivity index (χ1n) is 14.2. The van der Waals surface area contributed by atoms with E-state index in [4.69, 9.17) is 33.3 Å². The van der Waals surface area contributed by atoms with Crippen LogP contribution >= 0.6 is 22.7 Å². The molecule has 2 aromatic heterocycles. The first kappa shape index (κ1) is 32.0. The van der Waals surface area contributed by atoms with Crippen LogP contribution in [0.2, 0.25) is 18.1 Å². The summed E-state index contributed by atoms with van der Waals surface area (Å²) in [6.45, 7) is 15.6. The Bertz CT molecular complexity index is 1270. The quantitative estimate of drug-likeness (QED) is 0.116. The van der Waals surface area contributed by atoms with Crippen LogP contribution in [0.1, 0.15) is 71.0 Å². The van der Waals surface area contributed by atoms with Crippen LogP contribution < -0.4 is 0 Å². The van der Waals surface area contributed by atoms with Gasteiger partial charge in [0.2, 0.25) is 0 Å². The molecule has 0 bridgehead atoms. The SMILES string of the molecule is COC(=O)/C=C(/OC)[C@H](C)[C@H](/C=C/c1csc(-c2csc([C@]3(C)COC4(CCCC4)O3)n2)n1)O[Si](C)(C)C(C)(C)C. The predicted molar refractivity (Wildman–Crippen MR) is 166 cm³/mol. The fourth-order valence-electron chi connectivity index (χ4n) is 4.83. The smallest absolute Gasteiger partial charge is 0.333 e. The van der Waals surface area contributed by atoms with Crippen LogP contribution in [0, 0.1) is 5.92 Å². The van der Waals surface area contributed by atoms with Crippen molar-refractivity contribution in [1.29, 1.82) is 0 Å². The zero-order chi connectivity index (χ0) is 30.1. The van der Waals surface area contributed by atoms with Gasteiger partial charge in [0.05, 0.1) is 38.7 Å². The molecule has 1 saturated carbocycles. The largest absolute Gasteiger partial charge is 0.500 e. The van der Waals surface area contributed by atoms with E-state index in [2.05, 4.69) is 40.8 Å². The number of esters is 1. The molecule has 4 rings (SSSR count). The van der Waals surface area contributed by atoms with E-state index < -0.39 is 25.7 Å². The number of nitrogens with zero attached hydrogens (tertiary/aromatic N) is 2. The van der Waals surface area contributed by atoms with E-state index in [-0.39, 0.29) is 17.1 Å². The van der Waals surface area contributed by atoms with Crippen molar-refractivity contribution in [1.82, 2.24) is 9.97 Å². The second kappa shape index (κ2) is 12.4. The summed E-state index contributed by atoms with van der Waals surface area (Å²) in [6, 6.07) is 0. The maximum Gasteiger partial charge on any atom is 0.333 e. The van der Waals surface area contributed by atoms with Crippen molar-refractivity contribution in [3.05, 3.63) is 39.4 Å². The molecule has 1 saturated heterocycles. The Balaban J connectivity index is 1.54. The average Bonchev–Trinajstić information content (AvgIpc) is 3.72. The fraction of sp³-hybridized carbons (Fsp3) is 0.633. The van der Waals surface area contributed by atoms with Crippen molar-refractivity contribution in [3.8, 4) is 10.7 Å². The standard InChI is InChI=1S/C30H44N2O6S2Si/c1-20(24(34-6)16-25(33)35-7)23(37-41(8,9)28(2,3)4)13-12-21-17-39-26(31-21)22-18-40-27(32-22)29(5)19-36-30(38-29)14-10-11-15-30/h12-13,16-18,20,23H,10-11,14-15,19H2,1-9H3/b13-12+,24-16+/t20-,23+,29+/m1/s1. The van der Waals surface area contributed by atoms with Crippen LogP contribution in [-0.4, -0.2) is 57.0 Å². The van der Waals surface area contributed by atoms with Crippen molar-refractivity contribution in [3.63, 3.8) is 0 Å². The van der Waals surface area contributed by atoms with Gasteiger partial charge >= 0.3 is 5.97 Å². The number of carbonyl (C=O) groups is 1. The number of aromatic nitrogens is 2. The Labute approximate surface area is 253 Å². The van der Waals surface area contributed by atoms with Gasteiger partial charge in [-0.15, -0.1) is 22.7 Å². The van der Waals surface area contributed by atoms with E-state index in [1.165, 1.54) is 13.2 Å². The van der Waals surface area contributed by atoms with E-state index in [0.717, 1.165) is 47.1 Å². The predicted octanol–water partition coefficient (Wildman–Crippen LogP) is 7.54. The zero-order valence-corrected chi connectivity index (χ0v) is 28.4. The minimum absolute atomic E-state index is 0.0103. The highest BCUT2D eigenvalue weighted by molar-refractivity contribution is 7.14. The monoisotopic (exact) mass is 620 g/mol. The van der Waals surface area contributed by atoms with Gasteiger partial charge in [0, 0.05) is 29.5 Å². The lowest BCUT2D eigenvalue weighted by molar-refractivity contribution is -0.180. The minimum atomic E-state index is -2.15. The van der Waals surface area contributed by atoms with Gasteiger partial charge in [-0.25, -0.2) is 14.8 Å². The lowest BCUT2D eigenvalue weighted by atomic mass is 10.0. The first-order valence-corrected chi connectivity index (χ1v) is 18.8. The topological polar surface area (TPSA) is 89.0 Å². The molecule has 2 fully saturated rings. The molecule has 8 nitrogen and oxygen atoms in total. The lowest BCUT2D eigenvalue weighted by Crippen LogP contribution is -2.45. The maximum absolute atomic E-state index is 12.0. The van der Waals surface area contributed by atoms with E-state index in [0.29, 0.717) is 12.4 Å². The Morgan fingerprint density at radius 3 is 2.46 bits per heavy atom. The molecule has 0 unspecified atom stereocenters. The number of carbonyl (C=O) groups excluding carboxylic acids is 1. The highest BCUT2D eigenvalue weighted by Crippen LogP contribution is 2.48. The summed E-state index contributed by atoms with van der Waals surface area (Å²) in [5.41, 5.74) is 1.13. The van der Waals surface area contributed by atoms with Gasteiger partial charge in [-0.3, -0.25) is 0 Å². The molecular formula is C30H44N2O6S2Si. The number of methoxy groups -OCH3 is 2. The molecule has 0 amide bonds. The van der Waals surface area contributed by atoms with E-state index in [1.807, 2.05) is 29.8 Å². The highest BCUT2D eigenvalue weighted by atomic mass is 32.1. The molecule has 41 heavy (non-hydrogen) atoms. The number of thiazole rings is 2. The molecule has 3 heterocycles. The van der Waals surface area contributed by atoms with Gasteiger partial charge in [0.25, 0.3) is 0 Å². The maximum atomic E-state index is 12.0. The molecule has 2 aromatic rings. The van der Waals surface area contributed by atoms with Gasteiger partial charge in [-0.2, -0.15) is 0 Å². The second-order valence-electron chi connectivity index (χ2n) is 12.6. The molecule has 1 aliphatic heterocycles. The zero-order valence-electron chi connectivity index (χ0n) is 25.7. The van der Waals surface area contributed by atoms with E-state index in [9.17, 15) is 4.79 Å². The van der Waals surface area contributed by atoms with Gasteiger partial charge in [-0.1, -0.05) is 33.8 Å². The van der Waals surface area contributed by atoms with Crippen LogP contribution in [0.5, 0.6) is 0 Å². The molecule has 0 aromatic carbocycles. The Hall–Kier alpha value is -1.89. The Kier molecular flexibility index (Phi) is 9.67. The van der Waals surface area contributed by atoms with Crippen molar-refractivity contribution in [2.24, 2.45) is 5.92 Å². The summed E-state index contributed by atoms with van der Waals surface area (Å²) in [4.78, 5) is 21.8. The summed E-state index contributed by atoms with van der Waals surface area (Å²) in [5, 5.41) is 5.85. The summed E-state index contributed by atoms with van der Waals surface area (Å²) in [7, 11) is 0.761.